The van der Waals surface area contributed by atoms with Crippen molar-refractivity contribution in [2.24, 2.45) is 0 Å². The van der Waals surface area contributed by atoms with E-state index in [9.17, 15) is 0 Å². The van der Waals surface area contributed by atoms with Crippen molar-refractivity contribution in [3.8, 4) is 11.1 Å². The van der Waals surface area contributed by atoms with Gasteiger partial charge in [0, 0.05) is 43.7 Å². The van der Waals surface area contributed by atoms with Crippen LogP contribution in [0.25, 0.3) is 76.5 Å². The van der Waals surface area contributed by atoms with Crippen LogP contribution < -0.4 is 9.80 Å². The van der Waals surface area contributed by atoms with Gasteiger partial charge in [-0.1, -0.05) is 206 Å². The maximum atomic E-state index is 6.89. The van der Waals surface area contributed by atoms with Crippen LogP contribution in [0.3, 0.4) is 0 Å². The highest BCUT2D eigenvalue weighted by Crippen LogP contribution is 2.63. The van der Waals surface area contributed by atoms with Gasteiger partial charge in [0.25, 0.3) is 0 Å². The van der Waals surface area contributed by atoms with Gasteiger partial charge >= 0.3 is 0 Å². The van der Waals surface area contributed by atoms with Crippen LogP contribution in [0, 0.1) is 0 Å². The minimum atomic E-state index is -0.799. The lowest BCUT2D eigenvalue weighted by Gasteiger charge is -2.36. The second-order valence-corrected chi connectivity index (χ2v) is 19.1. The highest BCUT2D eigenvalue weighted by atomic mass is 16.3. The third-order valence-electron chi connectivity index (χ3n) is 15.3. The summed E-state index contributed by atoms with van der Waals surface area (Å²) in [6.45, 7) is 0. The second kappa shape index (κ2) is 16.2. The third-order valence-corrected chi connectivity index (χ3v) is 15.3. The Morgan fingerprint density at radius 3 is 1.00 bits per heavy atom. The number of furan rings is 2. The number of benzene rings is 12. The van der Waals surface area contributed by atoms with Crippen molar-refractivity contribution in [1.82, 2.24) is 0 Å². The Hall–Kier alpha value is -9.64. The van der Waals surface area contributed by atoms with Crippen LogP contribution in [0.2, 0.25) is 0 Å². The van der Waals surface area contributed by atoms with Crippen molar-refractivity contribution in [2.45, 2.75) is 5.41 Å². The fourth-order valence-electron chi connectivity index (χ4n) is 12.3. The molecule has 0 bridgehead atoms. The molecule has 0 saturated heterocycles. The van der Waals surface area contributed by atoms with Crippen molar-refractivity contribution in [1.29, 1.82) is 0 Å². The molecule has 2 aromatic heterocycles. The van der Waals surface area contributed by atoms with Gasteiger partial charge in [0.2, 0.25) is 0 Å². The lowest BCUT2D eigenvalue weighted by atomic mass is 9.67. The summed E-state index contributed by atoms with van der Waals surface area (Å²) in [6.07, 6.45) is 0. The molecular formula is C69H44N2O2. The monoisotopic (exact) mass is 932 g/mol. The van der Waals surface area contributed by atoms with Gasteiger partial charge in [-0.25, -0.2) is 0 Å². The van der Waals surface area contributed by atoms with Gasteiger partial charge in [-0.05, 0) is 105 Å². The fourth-order valence-corrected chi connectivity index (χ4v) is 12.3. The van der Waals surface area contributed by atoms with Crippen molar-refractivity contribution in [3.05, 3.63) is 289 Å². The van der Waals surface area contributed by atoms with Crippen LogP contribution in [-0.2, 0) is 5.41 Å². The maximum Gasteiger partial charge on any atom is 0.159 e. The van der Waals surface area contributed by atoms with Crippen molar-refractivity contribution < 1.29 is 8.83 Å². The molecule has 0 amide bonds. The van der Waals surface area contributed by atoms with Crippen LogP contribution in [0.5, 0.6) is 0 Å². The Balaban J connectivity index is 1.10. The molecule has 4 heteroatoms. The summed E-state index contributed by atoms with van der Waals surface area (Å²) in [5, 5.41) is 8.97. The molecule has 0 saturated carbocycles. The SMILES string of the molecule is c1ccc(N(c2cc3c(c4ccccc24)-c2c(cc(N(c4ccccc4)c4cccc5c4oc4ccccc45)c4ccccc24)C3(c2ccccc2)c2ccccc2)c2cccc3c2oc2ccccc23)cc1. The number of fused-ring (bicyclic) bond motifs is 13. The predicted octanol–water partition coefficient (Wildman–Crippen LogP) is 19.1. The van der Waals surface area contributed by atoms with Gasteiger partial charge in [0.1, 0.15) is 11.2 Å². The summed E-state index contributed by atoms with van der Waals surface area (Å²) in [5.41, 5.74) is 16.0. The molecule has 0 radical (unpaired) electrons. The number of hydrogen-bond donors (Lipinski definition) is 0. The second-order valence-electron chi connectivity index (χ2n) is 19.1. The molecular weight excluding hydrogens is 889 g/mol. The summed E-state index contributed by atoms with van der Waals surface area (Å²) in [7, 11) is 0. The molecule has 0 unspecified atom stereocenters. The smallest absolute Gasteiger partial charge is 0.159 e. The van der Waals surface area contributed by atoms with E-state index in [1.807, 2.05) is 12.1 Å². The molecule has 0 spiro atoms. The summed E-state index contributed by atoms with van der Waals surface area (Å²) in [5.74, 6) is 0. The first-order valence-corrected chi connectivity index (χ1v) is 25.0. The summed E-state index contributed by atoms with van der Waals surface area (Å²) in [6, 6.07) is 96.7. The zero-order valence-electron chi connectivity index (χ0n) is 39.6. The van der Waals surface area contributed by atoms with Crippen molar-refractivity contribution in [2.75, 3.05) is 9.80 Å². The lowest BCUT2D eigenvalue weighted by Crippen LogP contribution is -2.29. The first-order chi connectivity index (χ1) is 36.3. The summed E-state index contributed by atoms with van der Waals surface area (Å²) in [4.78, 5) is 4.84. The van der Waals surface area contributed by atoms with Crippen LogP contribution >= 0.6 is 0 Å². The molecule has 0 fully saturated rings. The van der Waals surface area contributed by atoms with E-state index in [-0.39, 0.29) is 0 Å². The van der Waals surface area contributed by atoms with Crippen LogP contribution in [-0.4, -0.2) is 0 Å². The first kappa shape index (κ1) is 41.2. The number of anilines is 6. The van der Waals surface area contributed by atoms with E-state index in [2.05, 4.69) is 265 Å². The van der Waals surface area contributed by atoms with Gasteiger partial charge in [-0.3, -0.25) is 0 Å². The van der Waals surface area contributed by atoms with Gasteiger partial charge in [0.05, 0.1) is 28.2 Å². The molecule has 0 atom stereocenters. The molecule has 4 nitrogen and oxygen atoms in total. The molecule has 0 N–H and O–H groups in total. The Bertz CT molecular complexity index is 4160. The van der Waals surface area contributed by atoms with E-state index in [1.54, 1.807) is 0 Å². The highest BCUT2D eigenvalue weighted by Gasteiger charge is 2.49. The molecule has 73 heavy (non-hydrogen) atoms. The highest BCUT2D eigenvalue weighted by molar-refractivity contribution is 6.20. The lowest BCUT2D eigenvalue weighted by molar-refractivity contribution is 0.669. The number of para-hydroxylation sites is 6. The maximum absolute atomic E-state index is 6.89. The van der Waals surface area contributed by atoms with Crippen LogP contribution in [0.1, 0.15) is 22.3 Å². The summed E-state index contributed by atoms with van der Waals surface area (Å²) < 4.78 is 13.8. The Morgan fingerprint density at radius 2 is 0.589 bits per heavy atom. The molecule has 14 aromatic rings. The normalized spacial score (nSPS) is 12.8. The largest absolute Gasteiger partial charge is 0.454 e. The minimum Gasteiger partial charge on any atom is -0.454 e. The summed E-state index contributed by atoms with van der Waals surface area (Å²) >= 11 is 0. The van der Waals surface area contributed by atoms with E-state index >= 15 is 0 Å². The Labute approximate surface area is 421 Å². The Morgan fingerprint density at radius 1 is 0.260 bits per heavy atom. The van der Waals surface area contributed by atoms with E-state index in [1.165, 1.54) is 44.2 Å². The van der Waals surface area contributed by atoms with E-state index in [0.29, 0.717) is 0 Å². The molecule has 1 aliphatic carbocycles. The standard InChI is InChI=1S/C69H44N2O2/c1-5-23-45(24-6-1)69(46-25-7-2-8-26-46)57-43-61(70(47-27-9-3-10-28-47)59-39-21-37-55-51-33-17-19-41-63(51)72-67(55)59)49-31-13-15-35-53(49)65(57)66-54-36-16-14-32-50(54)62(44-58(66)69)71(48-29-11-4-12-30-48)60-40-22-38-56-52-34-18-20-42-64(52)73-68(56)60/h1-44H. The minimum absolute atomic E-state index is 0.799. The zero-order valence-corrected chi connectivity index (χ0v) is 39.6. The zero-order chi connectivity index (χ0) is 48.0. The quantitative estimate of drug-likeness (QED) is 0.152. The molecule has 0 aliphatic heterocycles. The average molecular weight is 933 g/mol. The molecule has 2 heterocycles. The molecule has 1 aliphatic rings. The first-order valence-electron chi connectivity index (χ1n) is 25.0. The van der Waals surface area contributed by atoms with Crippen molar-refractivity contribution >= 4 is 99.5 Å². The number of nitrogens with zero attached hydrogens (tertiary/aromatic N) is 2. The topological polar surface area (TPSA) is 32.8 Å². The van der Waals surface area contributed by atoms with Gasteiger partial charge in [-0.2, -0.15) is 0 Å². The third kappa shape index (κ3) is 6.01. The van der Waals surface area contributed by atoms with E-state index in [0.717, 1.165) is 88.8 Å². The van der Waals surface area contributed by atoms with E-state index in [4.69, 9.17) is 8.83 Å². The van der Waals surface area contributed by atoms with Crippen LogP contribution in [0.15, 0.2) is 276 Å². The molecule has 12 aromatic carbocycles. The van der Waals surface area contributed by atoms with Crippen molar-refractivity contribution in [3.63, 3.8) is 0 Å². The predicted molar refractivity (Wildman–Crippen MR) is 303 cm³/mol. The fraction of sp³-hybridized carbons (Fsp3) is 0.0145. The number of hydrogen-bond acceptors (Lipinski definition) is 4. The molecule has 342 valence electrons. The Kier molecular flexibility index (Phi) is 9.14. The van der Waals surface area contributed by atoms with Gasteiger partial charge < -0.3 is 18.6 Å². The van der Waals surface area contributed by atoms with Gasteiger partial charge in [0.15, 0.2) is 11.2 Å². The number of rotatable bonds is 8. The molecule has 15 rings (SSSR count). The average Bonchev–Trinajstić information content (AvgIpc) is 4.14. The van der Waals surface area contributed by atoms with Gasteiger partial charge in [-0.15, -0.1) is 0 Å². The van der Waals surface area contributed by atoms with Crippen LogP contribution in [0.4, 0.5) is 34.1 Å². The van der Waals surface area contributed by atoms with E-state index < -0.39 is 5.41 Å².